The molecule has 0 amide bonds. The molecule has 2 atom stereocenters. The molecule has 172 valence electrons. The highest BCUT2D eigenvalue weighted by Crippen LogP contribution is 2.33. The molecule has 2 aromatic carbocycles. The van der Waals surface area contributed by atoms with Gasteiger partial charge in [0.05, 0.1) is 25.7 Å². The maximum Gasteiger partial charge on any atom is 0.119 e. The largest absolute Gasteiger partial charge is 0.491 e. The molecular weight excluding hydrogens is 535 g/mol. The molecule has 0 aliphatic heterocycles. The van der Waals surface area contributed by atoms with E-state index in [-0.39, 0.29) is 31.1 Å². The zero-order chi connectivity index (χ0) is 22.7. The summed E-state index contributed by atoms with van der Waals surface area (Å²) in [7, 11) is 0. The zero-order valence-corrected chi connectivity index (χ0v) is 20.7. The monoisotopic (exact) mass is 564 g/mol. The van der Waals surface area contributed by atoms with Crippen molar-refractivity contribution in [3.8, 4) is 11.5 Å². The van der Waals surface area contributed by atoms with Crippen molar-refractivity contribution in [3.63, 3.8) is 0 Å². The number of hydrogen-bond donors (Lipinski definition) is 2. The van der Waals surface area contributed by atoms with Gasteiger partial charge in [-0.15, -0.1) is 11.6 Å². The van der Waals surface area contributed by atoms with Gasteiger partial charge in [0.2, 0.25) is 0 Å². The molecule has 0 unspecified atom stereocenters. The van der Waals surface area contributed by atoms with Gasteiger partial charge in [0, 0.05) is 5.41 Å². The molecule has 2 rings (SSSR count). The predicted molar refractivity (Wildman–Crippen MR) is 130 cm³/mol. The molecule has 31 heavy (non-hydrogen) atoms. The number of rotatable bonds is 14. The second-order valence-corrected chi connectivity index (χ2v) is 8.58. The van der Waals surface area contributed by atoms with Crippen molar-refractivity contribution in [3.05, 3.63) is 59.7 Å². The van der Waals surface area contributed by atoms with Crippen LogP contribution in [0.5, 0.6) is 11.5 Å². The van der Waals surface area contributed by atoms with Crippen LogP contribution in [0.15, 0.2) is 48.5 Å². The fourth-order valence-corrected chi connectivity index (χ4v) is 3.16. The van der Waals surface area contributed by atoms with E-state index < -0.39 is 12.2 Å². The van der Waals surface area contributed by atoms with Crippen molar-refractivity contribution in [1.82, 2.24) is 0 Å². The number of aliphatic hydroxyl groups is 2. The van der Waals surface area contributed by atoms with Crippen molar-refractivity contribution in [2.75, 3.05) is 38.9 Å². The first-order valence-corrected chi connectivity index (χ1v) is 11.5. The Labute approximate surface area is 203 Å². The molecule has 0 aliphatic rings. The maximum atomic E-state index is 9.92. The normalized spacial score (nSPS) is 13.6. The van der Waals surface area contributed by atoms with E-state index in [1.54, 1.807) is 23.0 Å². The van der Waals surface area contributed by atoms with Crippen LogP contribution in [-0.2, 0) is 13.2 Å². The van der Waals surface area contributed by atoms with E-state index in [2.05, 4.69) is 13.8 Å². The average Bonchev–Trinajstić information content (AvgIpc) is 2.79. The molecule has 2 N–H and O–H groups in total. The lowest BCUT2D eigenvalue weighted by atomic mass is 9.78. The van der Waals surface area contributed by atoms with Gasteiger partial charge in [0.1, 0.15) is 59.9 Å². The van der Waals surface area contributed by atoms with E-state index in [1.165, 1.54) is 0 Å². The Morgan fingerprint density at radius 1 is 0.806 bits per heavy atom. The molecule has 0 spiro atoms. The molecule has 0 aromatic heterocycles. The summed E-state index contributed by atoms with van der Waals surface area (Å²) in [5.41, 5.74) is 2.05. The Hall–Kier alpha value is -1.10. The third-order valence-electron chi connectivity index (χ3n) is 4.83. The molecule has 8 heteroatoms. The standard InChI is InChI=1S/C23H30ClIO6/c1-23(2,17-3-7-21(8-4-17)29-15-19(26)13-24)18-5-9-22(10-6-18)30-16-20(27)14-28-11-12-31-25/h3-10,19-20,26-27H,11-16H2,1-2H3/t19-,20+/m0/s1. The van der Waals surface area contributed by atoms with Gasteiger partial charge in [-0.1, -0.05) is 38.1 Å². The van der Waals surface area contributed by atoms with Gasteiger partial charge in [-0.05, 0) is 35.4 Å². The van der Waals surface area contributed by atoms with Crippen LogP contribution in [0.25, 0.3) is 0 Å². The lowest BCUT2D eigenvalue weighted by Crippen LogP contribution is -2.24. The Bertz CT molecular complexity index is 754. The lowest BCUT2D eigenvalue weighted by molar-refractivity contribution is 0.00681. The first-order chi connectivity index (χ1) is 14.9. The van der Waals surface area contributed by atoms with Crippen LogP contribution in [0.4, 0.5) is 0 Å². The first kappa shape index (κ1) is 26.2. The number of halogens is 2. The Morgan fingerprint density at radius 2 is 1.29 bits per heavy atom. The van der Waals surface area contributed by atoms with Crippen molar-refractivity contribution in [2.24, 2.45) is 0 Å². The quantitative estimate of drug-likeness (QED) is 0.204. The highest BCUT2D eigenvalue weighted by molar-refractivity contribution is 14.1. The highest BCUT2D eigenvalue weighted by Gasteiger charge is 2.23. The van der Waals surface area contributed by atoms with Crippen LogP contribution >= 0.6 is 34.6 Å². The van der Waals surface area contributed by atoms with Gasteiger partial charge in [0.25, 0.3) is 0 Å². The molecule has 0 saturated heterocycles. The molecular formula is C23H30ClIO6. The third kappa shape index (κ3) is 8.75. The summed E-state index contributed by atoms with van der Waals surface area (Å²) in [6, 6.07) is 15.7. The van der Waals surface area contributed by atoms with Crippen LogP contribution in [0.1, 0.15) is 25.0 Å². The van der Waals surface area contributed by atoms with E-state index in [1.807, 2.05) is 48.5 Å². The number of ether oxygens (including phenoxy) is 3. The van der Waals surface area contributed by atoms with Gasteiger partial charge >= 0.3 is 0 Å². The second-order valence-electron chi connectivity index (χ2n) is 7.65. The van der Waals surface area contributed by atoms with Crippen molar-refractivity contribution in [1.29, 1.82) is 0 Å². The Balaban J connectivity index is 1.90. The van der Waals surface area contributed by atoms with Crippen LogP contribution in [0.2, 0.25) is 0 Å². The summed E-state index contributed by atoms with van der Waals surface area (Å²) in [6.07, 6.45) is -1.38. The molecule has 6 nitrogen and oxygen atoms in total. The molecule has 2 aromatic rings. The van der Waals surface area contributed by atoms with Gasteiger partial charge < -0.3 is 27.5 Å². The van der Waals surface area contributed by atoms with Crippen LogP contribution in [0, 0.1) is 0 Å². The van der Waals surface area contributed by atoms with E-state index in [9.17, 15) is 10.2 Å². The van der Waals surface area contributed by atoms with E-state index >= 15 is 0 Å². The Morgan fingerprint density at radius 3 is 1.74 bits per heavy atom. The van der Waals surface area contributed by atoms with E-state index in [0.717, 1.165) is 11.1 Å². The number of alkyl halides is 1. The maximum absolute atomic E-state index is 9.92. The van der Waals surface area contributed by atoms with Crippen LogP contribution < -0.4 is 9.47 Å². The summed E-state index contributed by atoms with van der Waals surface area (Å²) < 4.78 is 21.4. The SMILES string of the molecule is CC(C)(c1ccc(OC[C@H](O)COCCOI)cc1)c1ccc(OC[C@@H](O)CCl)cc1. The van der Waals surface area contributed by atoms with Crippen molar-refractivity contribution < 1.29 is 27.5 Å². The molecule has 0 heterocycles. The van der Waals surface area contributed by atoms with Gasteiger partial charge in [-0.25, -0.2) is 0 Å². The minimum Gasteiger partial charge on any atom is -0.491 e. The van der Waals surface area contributed by atoms with Gasteiger partial charge in [-0.2, -0.15) is 0 Å². The fourth-order valence-electron chi connectivity index (χ4n) is 2.89. The molecule has 0 bridgehead atoms. The summed E-state index contributed by atoms with van der Waals surface area (Å²) in [6.45, 7) is 5.75. The number of hydrogen-bond acceptors (Lipinski definition) is 6. The minimum absolute atomic E-state index is 0.145. The van der Waals surface area contributed by atoms with Gasteiger partial charge in [0.15, 0.2) is 0 Å². The Kier molecular flexibility index (Phi) is 11.3. The van der Waals surface area contributed by atoms with Crippen LogP contribution in [-0.4, -0.2) is 61.3 Å². The molecule has 0 saturated carbocycles. The summed E-state index contributed by atoms with van der Waals surface area (Å²) >= 11 is 7.39. The zero-order valence-electron chi connectivity index (χ0n) is 17.8. The first-order valence-electron chi connectivity index (χ1n) is 10.1. The molecule has 0 fully saturated rings. The lowest BCUT2D eigenvalue weighted by Gasteiger charge is -2.26. The summed E-state index contributed by atoms with van der Waals surface area (Å²) in [5.74, 6) is 1.53. The highest BCUT2D eigenvalue weighted by atomic mass is 127. The minimum atomic E-state index is -0.698. The third-order valence-corrected chi connectivity index (χ3v) is 5.63. The van der Waals surface area contributed by atoms with Gasteiger partial charge in [-0.3, -0.25) is 0 Å². The summed E-state index contributed by atoms with van der Waals surface area (Å²) in [4.78, 5) is 0. The van der Waals surface area contributed by atoms with Crippen LogP contribution in [0.3, 0.4) is 0 Å². The summed E-state index contributed by atoms with van der Waals surface area (Å²) in [5, 5.41) is 19.4. The van der Waals surface area contributed by atoms with E-state index in [4.69, 9.17) is 28.9 Å². The smallest absolute Gasteiger partial charge is 0.119 e. The average molecular weight is 565 g/mol. The number of aliphatic hydroxyl groups excluding tert-OH is 2. The van der Waals surface area contributed by atoms with E-state index in [0.29, 0.717) is 24.7 Å². The fraction of sp³-hybridized carbons (Fsp3) is 0.478. The second kappa shape index (κ2) is 13.4. The molecule has 0 radical (unpaired) electrons. The number of benzene rings is 2. The van der Waals surface area contributed by atoms with Crippen molar-refractivity contribution >= 4 is 34.6 Å². The topological polar surface area (TPSA) is 77.4 Å². The predicted octanol–water partition coefficient (Wildman–Crippen LogP) is 4.11. The van der Waals surface area contributed by atoms with Crippen molar-refractivity contribution in [2.45, 2.75) is 31.5 Å². The molecule has 0 aliphatic carbocycles.